The maximum Gasteiger partial charge on any atom is 0.107 e. The lowest BCUT2D eigenvalue weighted by Gasteiger charge is -2.04. The number of aliphatic hydroxyl groups excluding tert-OH is 1. The van der Waals surface area contributed by atoms with Gasteiger partial charge in [0, 0.05) is 5.92 Å². The molecule has 1 atom stereocenters. The van der Waals surface area contributed by atoms with E-state index >= 15 is 0 Å². The molecular weight excluding hydrogens is 136 g/mol. The summed E-state index contributed by atoms with van der Waals surface area (Å²) in [5.74, 6) is 3.21. The Labute approximate surface area is 69.8 Å². The fourth-order valence-corrected chi connectivity index (χ4v) is 1.11. The number of unbranched alkanes of at least 4 members (excludes halogenated alkanes) is 2. The SMILES string of the molecule is CCCCCC(C#CO)CC. The summed E-state index contributed by atoms with van der Waals surface area (Å²) in [5, 5.41) is 8.36. The quantitative estimate of drug-likeness (QED) is 0.477. The molecule has 0 heterocycles. The van der Waals surface area contributed by atoms with Crippen LogP contribution in [0, 0.1) is 17.9 Å². The molecule has 1 heteroatoms. The molecule has 0 aliphatic heterocycles. The predicted octanol–water partition coefficient (Wildman–Crippen LogP) is 2.93. The van der Waals surface area contributed by atoms with Crippen LogP contribution in [0.15, 0.2) is 0 Å². The molecule has 0 radical (unpaired) electrons. The van der Waals surface area contributed by atoms with Crippen LogP contribution in [0.5, 0.6) is 0 Å². The molecule has 0 aromatic carbocycles. The Morgan fingerprint density at radius 2 is 2.00 bits per heavy atom. The van der Waals surface area contributed by atoms with Crippen LogP contribution < -0.4 is 0 Å². The molecule has 0 rings (SSSR count). The highest BCUT2D eigenvalue weighted by atomic mass is 16.2. The summed E-state index contributed by atoms with van der Waals surface area (Å²) in [6.45, 7) is 4.31. The van der Waals surface area contributed by atoms with Gasteiger partial charge >= 0.3 is 0 Å². The van der Waals surface area contributed by atoms with E-state index < -0.39 is 0 Å². The van der Waals surface area contributed by atoms with Gasteiger partial charge in [-0.1, -0.05) is 39.0 Å². The summed E-state index contributed by atoms with van der Waals surface area (Å²) >= 11 is 0. The largest absolute Gasteiger partial charge is 0.462 e. The molecule has 1 N–H and O–H groups in total. The van der Waals surface area contributed by atoms with Gasteiger partial charge in [0.05, 0.1) is 0 Å². The Morgan fingerprint density at radius 1 is 1.27 bits per heavy atom. The molecule has 64 valence electrons. The molecule has 11 heavy (non-hydrogen) atoms. The van der Waals surface area contributed by atoms with Gasteiger partial charge in [-0.05, 0) is 12.8 Å². The van der Waals surface area contributed by atoms with Crippen molar-refractivity contribution >= 4 is 0 Å². The monoisotopic (exact) mass is 154 g/mol. The molecule has 0 bridgehead atoms. The van der Waals surface area contributed by atoms with Crippen molar-refractivity contribution in [3.05, 3.63) is 0 Å². The third kappa shape index (κ3) is 5.79. The van der Waals surface area contributed by atoms with Crippen LogP contribution in [0.3, 0.4) is 0 Å². The Balaban J connectivity index is 3.41. The van der Waals surface area contributed by atoms with Crippen molar-refractivity contribution in [2.75, 3.05) is 0 Å². The van der Waals surface area contributed by atoms with Crippen LogP contribution in [0.4, 0.5) is 0 Å². The minimum atomic E-state index is 0.409. The van der Waals surface area contributed by atoms with Crippen molar-refractivity contribution in [1.29, 1.82) is 0 Å². The van der Waals surface area contributed by atoms with Crippen LogP contribution in [-0.2, 0) is 0 Å². The molecule has 0 aliphatic rings. The standard InChI is InChI=1S/C10H18O/c1-3-5-6-7-10(4-2)8-9-11/h10-11H,3-7H2,1-2H3. The van der Waals surface area contributed by atoms with Crippen molar-refractivity contribution < 1.29 is 5.11 Å². The summed E-state index contributed by atoms with van der Waals surface area (Å²) in [6, 6.07) is 0. The third-order valence-electron chi connectivity index (χ3n) is 1.92. The maximum atomic E-state index is 8.36. The zero-order valence-electron chi connectivity index (χ0n) is 7.56. The van der Waals surface area contributed by atoms with Gasteiger partial charge in [0.1, 0.15) is 6.11 Å². The lowest BCUT2D eigenvalue weighted by molar-refractivity contribution is 0.500. The molecular formula is C10H18O. The Morgan fingerprint density at radius 3 is 2.45 bits per heavy atom. The van der Waals surface area contributed by atoms with E-state index in [1.165, 1.54) is 19.3 Å². The lowest BCUT2D eigenvalue weighted by atomic mass is 10.00. The van der Waals surface area contributed by atoms with E-state index in [1.807, 2.05) is 6.11 Å². The van der Waals surface area contributed by atoms with E-state index in [-0.39, 0.29) is 0 Å². The smallest absolute Gasteiger partial charge is 0.107 e. The predicted molar refractivity (Wildman–Crippen MR) is 47.6 cm³/mol. The summed E-state index contributed by atoms with van der Waals surface area (Å²) in [4.78, 5) is 0. The first-order valence-corrected chi connectivity index (χ1v) is 4.49. The molecule has 0 amide bonds. The van der Waals surface area contributed by atoms with Gasteiger partial charge in [-0.2, -0.15) is 0 Å². The minimum Gasteiger partial charge on any atom is -0.462 e. The molecule has 0 saturated heterocycles. The van der Waals surface area contributed by atoms with E-state index in [0.29, 0.717) is 5.92 Å². The lowest BCUT2D eigenvalue weighted by Crippen LogP contribution is -1.94. The van der Waals surface area contributed by atoms with E-state index in [2.05, 4.69) is 19.8 Å². The molecule has 1 unspecified atom stereocenters. The van der Waals surface area contributed by atoms with Crippen LogP contribution in [-0.4, -0.2) is 5.11 Å². The molecule has 0 spiro atoms. The van der Waals surface area contributed by atoms with Crippen LogP contribution >= 0.6 is 0 Å². The molecule has 0 fully saturated rings. The number of hydrogen-bond acceptors (Lipinski definition) is 1. The fraction of sp³-hybridized carbons (Fsp3) is 0.800. The average Bonchev–Trinajstić information content (AvgIpc) is 2.03. The maximum absolute atomic E-state index is 8.36. The summed E-state index contributed by atoms with van der Waals surface area (Å²) in [7, 11) is 0. The van der Waals surface area contributed by atoms with E-state index in [9.17, 15) is 0 Å². The second-order valence-corrected chi connectivity index (χ2v) is 2.86. The van der Waals surface area contributed by atoms with Crippen molar-refractivity contribution in [1.82, 2.24) is 0 Å². The first-order valence-electron chi connectivity index (χ1n) is 4.49. The third-order valence-corrected chi connectivity index (χ3v) is 1.92. The molecule has 0 aromatic rings. The van der Waals surface area contributed by atoms with Crippen molar-refractivity contribution in [3.63, 3.8) is 0 Å². The Bertz CT molecular complexity index is 130. The topological polar surface area (TPSA) is 20.2 Å². The molecule has 0 aromatic heterocycles. The van der Waals surface area contributed by atoms with E-state index in [0.717, 1.165) is 12.8 Å². The van der Waals surface area contributed by atoms with E-state index in [1.54, 1.807) is 0 Å². The second-order valence-electron chi connectivity index (χ2n) is 2.86. The number of hydrogen-bond donors (Lipinski definition) is 1. The van der Waals surface area contributed by atoms with Crippen molar-refractivity contribution in [3.8, 4) is 12.0 Å². The highest BCUT2D eigenvalue weighted by Crippen LogP contribution is 2.11. The summed E-state index contributed by atoms with van der Waals surface area (Å²) < 4.78 is 0. The highest BCUT2D eigenvalue weighted by Gasteiger charge is 2.00. The van der Waals surface area contributed by atoms with Gasteiger partial charge in [-0.3, -0.25) is 0 Å². The van der Waals surface area contributed by atoms with Crippen molar-refractivity contribution in [2.45, 2.75) is 46.0 Å². The highest BCUT2D eigenvalue weighted by molar-refractivity contribution is 4.96. The van der Waals surface area contributed by atoms with E-state index in [4.69, 9.17) is 5.11 Å². The first kappa shape index (κ1) is 10.4. The first-order chi connectivity index (χ1) is 5.35. The molecule has 0 aliphatic carbocycles. The Hall–Kier alpha value is -0.640. The van der Waals surface area contributed by atoms with Crippen LogP contribution in [0.25, 0.3) is 0 Å². The molecule has 1 nitrogen and oxygen atoms in total. The van der Waals surface area contributed by atoms with Crippen LogP contribution in [0.1, 0.15) is 46.0 Å². The zero-order chi connectivity index (χ0) is 8.53. The van der Waals surface area contributed by atoms with Crippen molar-refractivity contribution in [2.24, 2.45) is 5.92 Å². The van der Waals surface area contributed by atoms with Gasteiger partial charge in [0.15, 0.2) is 0 Å². The second kappa shape index (κ2) is 7.47. The van der Waals surface area contributed by atoms with Gasteiger partial charge in [-0.25, -0.2) is 0 Å². The van der Waals surface area contributed by atoms with Gasteiger partial charge in [-0.15, -0.1) is 0 Å². The molecule has 0 saturated carbocycles. The number of aliphatic hydroxyl groups is 1. The van der Waals surface area contributed by atoms with Gasteiger partial charge in [0.25, 0.3) is 0 Å². The van der Waals surface area contributed by atoms with Crippen LogP contribution in [0.2, 0.25) is 0 Å². The Kier molecular flexibility index (Phi) is 7.03. The zero-order valence-corrected chi connectivity index (χ0v) is 7.56. The van der Waals surface area contributed by atoms with Gasteiger partial charge < -0.3 is 5.11 Å². The summed E-state index contributed by atoms with van der Waals surface area (Å²) in [5.41, 5.74) is 0. The fourth-order valence-electron chi connectivity index (χ4n) is 1.11. The normalized spacial score (nSPS) is 11.8. The number of rotatable bonds is 5. The minimum absolute atomic E-state index is 0.409. The average molecular weight is 154 g/mol. The van der Waals surface area contributed by atoms with Gasteiger partial charge in [0.2, 0.25) is 0 Å². The summed E-state index contributed by atoms with van der Waals surface area (Å²) in [6.07, 6.45) is 7.96.